The van der Waals surface area contributed by atoms with E-state index < -0.39 is 0 Å². The van der Waals surface area contributed by atoms with Crippen LogP contribution < -0.4 is 10.9 Å². The van der Waals surface area contributed by atoms with E-state index >= 15 is 0 Å². The first kappa shape index (κ1) is 15.0. The summed E-state index contributed by atoms with van der Waals surface area (Å²) in [5.74, 6) is -0.388. The van der Waals surface area contributed by atoms with Crippen LogP contribution in [0.15, 0.2) is 59.4 Å². The summed E-state index contributed by atoms with van der Waals surface area (Å²) in [5.41, 5.74) is 2.53. The van der Waals surface area contributed by atoms with E-state index in [0.29, 0.717) is 5.69 Å². The lowest BCUT2D eigenvalue weighted by Gasteiger charge is -2.09. The van der Waals surface area contributed by atoms with Gasteiger partial charge in [-0.25, -0.2) is 0 Å². The van der Waals surface area contributed by atoms with Gasteiger partial charge in [0.25, 0.3) is 11.5 Å². The Hall–Kier alpha value is -2.88. The van der Waals surface area contributed by atoms with Gasteiger partial charge >= 0.3 is 0 Å². The molecule has 0 aliphatic carbocycles. The number of hydrogen-bond acceptors (Lipinski definition) is 2. The number of hydrogen-bond donors (Lipinski definition) is 1. The zero-order chi connectivity index (χ0) is 16.4. The lowest BCUT2D eigenvalue weighted by molar-refractivity contribution is 0.102. The summed E-state index contributed by atoms with van der Waals surface area (Å²) in [7, 11) is 1.68. The van der Waals surface area contributed by atoms with Gasteiger partial charge in [0.05, 0.1) is 5.52 Å². The van der Waals surface area contributed by atoms with Crippen molar-refractivity contribution in [1.29, 1.82) is 0 Å². The van der Waals surface area contributed by atoms with Crippen molar-refractivity contribution in [3.05, 3.63) is 76.1 Å². The van der Waals surface area contributed by atoms with Crippen molar-refractivity contribution in [3.8, 4) is 0 Å². The normalized spacial score (nSPS) is 10.7. The molecule has 0 radical (unpaired) electrons. The minimum absolute atomic E-state index is 0.144. The summed E-state index contributed by atoms with van der Waals surface area (Å²) >= 11 is 0. The monoisotopic (exact) mass is 306 g/mol. The van der Waals surface area contributed by atoms with Gasteiger partial charge in [0.2, 0.25) is 0 Å². The molecule has 0 spiro atoms. The van der Waals surface area contributed by atoms with E-state index in [0.717, 1.165) is 17.3 Å². The van der Waals surface area contributed by atoms with Gasteiger partial charge in [-0.05, 0) is 41.6 Å². The smallest absolute Gasteiger partial charge is 0.263 e. The number of para-hydroxylation sites is 1. The Kier molecular flexibility index (Phi) is 3.98. The number of pyridine rings is 1. The first-order valence-corrected chi connectivity index (χ1v) is 7.59. The number of carbonyl (C=O) groups excluding carboxylic acids is 1. The van der Waals surface area contributed by atoms with Crippen LogP contribution in [0, 0.1) is 0 Å². The average molecular weight is 306 g/mol. The summed E-state index contributed by atoms with van der Waals surface area (Å²) in [5, 5.41) is 3.65. The molecule has 23 heavy (non-hydrogen) atoms. The molecule has 0 fully saturated rings. The Morgan fingerprint density at radius 3 is 2.48 bits per heavy atom. The first-order valence-electron chi connectivity index (χ1n) is 7.59. The van der Waals surface area contributed by atoms with Gasteiger partial charge in [-0.3, -0.25) is 9.59 Å². The third-order valence-corrected chi connectivity index (χ3v) is 4.00. The minimum atomic E-state index is -0.388. The predicted molar refractivity (Wildman–Crippen MR) is 93.0 cm³/mol. The fraction of sp³-hybridized carbons (Fsp3) is 0.158. The molecule has 0 aliphatic rings. The molecule has 0 bridgehead atoms. The fourth-order valence-electron chi connectivity index (χ4n) is 2.61. The number of fused-ring (bicyclic) bond motifs is 1. The van der Waals surface area contributed by atoms with E-state index in [9.17, 15) is 9.59 Å². The summed E-state index contributed by atoms with van der Waals surface area (Å²) in [6.07, 6.45) is 0.944. The Labute approximate surface area is 134 Å². The highest BCUT2D eigenvalue weighted by atomic mass is 16.2. The van der Waals surface area contributed by atoms with Crippen LogP contribution in [0.2, 0.25) is 0 Å². The van der Waals surface area contributed by atoms with E-state index in [1.165, 1.54) is 10.1 Å². The third-order valence-electron chi connectivity index (χ3n) is 4.00. The number of aryl methyl sites for hydroxylation is 2. The molecule has 0 saturated carbocycles. The summed E-state index contributed by atoms with van der Waals surface area (Å²) in [4.78, 5) is 24.9. The van der Waals surface area contributed by atoms with Gasteiger partial charge in [-0.15, -0.1) is 0 Å². The molecule has 116 valence electrons. The van der Waals surface area contributed by atoms with Gasteiger partial charge in [0, 0.05) is 12.7 Å². The molecular weight excluding hydrogens is 288 g/mol. The van der Waals surface area contributed by atoms with Crippen LogP contribution in [0.1, 0.15) is 22.8 Å². The predicted octanol–water partition coefficient (Wildman–Crippen LogP) is 3.35. The van der Waals surface area contributed by atoms with Crippen LogP contribution in [0.25, 0.3) is 10.9 Å². The van der Waals surface area contributed by atoms with E-state index in [1.54, 1.807) is 13.1 Å². The van der Waals surface area contributed by atoms with Crippen LogP contribution in [0.5, 0.6) is 0 Å². The van der Waals surface area contributed by atoms with Crippen LogP contribution in [0.3, 0.4) is 0 Å². The number of nitrogens with one attached hydrogen (secondary N) is 1. The largest absolute Gasteiger partial charge is 0.322 e. The SMILES string of the molecule is CCc1ccc(NC(=O)c2cc3ccccc3n(C)c2=O)cc1. The second-order valence-corrected chi connectivity index (χ2v) is 5.49. The lowest BCUT2D eigenvalue weighted by atomic mass is 10.1. The van der Waals surface area contributed by atoms with E-state index in [1.807, 2.05) is 48.5 Å². The molecule has 1 N–H and O–H groups in total. The Balaban J connectivity index is 1.97. The molecule has 4 heteroatoms. The molecule has 2 aromatic carbocycles. The van der Waals surface area contributed by atoms with Gasteiger partial charge in [-0.2, -0.15) is 0 Å². The fourth-order valence-corrected chi connectivity index (χ4v) is 2.61. The zero-order valence-corrected chi connectivity index (χ0v) is 13.2. The van der Waals surface area contributed by atoms with E-state index in [4.69, 9.17) is 0 Å². The molecule has 3 aromatic rings. The number of carbonyl (C=O) groups is 1. The number of anilines is 1. The quantitative estimate of drug-likeness (QED) is 0.806. The van der Waals surface area contributed by atoms with E-state index in [-0.39, 0.29) is 17.0 Å². The molecule has 4 nitrogen and oxygen atoms in total. The maximum Gasteiger partial charge on any atom is 0.263 e. The number of benzene rings is 2. The highest BCUT2D eigenvalue weighted by Crippen LogP contribution is 2.14. The summed E-state index contributed by atoms with van der Waals surface area (Å²) in [6, 6.07) is 16.8. The Morgan fingerprint density at radius 1 is 1.09 bits per heavy atom. The molecule has 0 saturated heterocycles. The van der Waals surface area contributed by atoms with Crippen LogP contribution >= 0.6 is 0 Å². The molecule has 0 unspecified atom stereocenters. The Bertz CT molecular complexity index is 924. The average Bonchev–Trinajstić information content (AvgIpc) is 2.58. The number of rotatable bonds is 3. The zero-order valence-electron chi connectivity index (χ0n) is 13.2. The third kappa shape index (κ3) is 2.88. The molecule has 1 heterocycles. The molecule has 3 rings (SSSR count). The van der Waals surface area contributed by atoms with Crippen molar-refractivity contribution in [2.75, 3.05) is 5.32 Å². The molecule has 0 atom stereocenters. The maximum absolute atomic E-state index is 12.5. The van der Waals surface area contributed by atoms with Gasteiger partial charge < -0.3 is 9.88 Å². The highest BCUT2D eigenvalue weighted by molar-refractivity contribution is 6.05. The van der Waals surface area contributed by atoms with Crippen LogP contribution in [-0.2, 0) is 13.5 Å². The first-order chi connectivity index (χ1) is 11.1. The summed E-state index contributed by atoms with van der Waals surface area (Å²) < 4.78 is 1.50. The molecule has 1 aromatic heterocycles. The standard InChI is InChI=1S/C19H18N2O2/c1-3-13-8-10-15(11-9-13)20-18(22)16-12-14-6-4-5-7-17(14)21(2)19(16)23/h4-12H,3H2,1-2H3,(H,20,22). The topological polar surface area (TPSA) is 51.1 Å². The van der Waals surface area contributed by atoms with Gasteiger partial charge in [0.1, 0.15) is 5.56 Å². The second kappa shape index (κ2) is 6.08. The maximum atomic E-state index is 12.5. The van der Waals surface area contributed by atoms with Crippen molar-refractivity contribution in [1.82, 2.24) is 4.57 Å². The Morgan fingerprint density at radius 2 is 1.78 bits per heavy atom. The van der Waals surface area contributed by atoms with Crippen molar-refractivity contribution in [3.63, 3.8) is 0 Å². The van der Waals surface area contributed by atoms with Crippen LogP contribution in [0.4, 0.5) is 5.69 Å². The van der Waals surface area contributed by atoms with Gasteiger partial charge in [-0.1, -0.05) is 37.3 Å². The van der Waals surface area contributed by atoms with Crippen molar-refractivity contribution >= 4 is 22.5 Å². The second-order valence-electron chi connectivity index (χ2n) is 5.49. The van der Waals surface area contributed by atoms with Crippen LogP contribution in [-0.4, -0.2) is 10.5 Å². The minimum Gasteiger partial charge on any atom is -0.322 e. The molecular formula is C19H18N2O2. The molecule has 1 amide bonds. The summed E-state index contributed by atoms with van der Waals surface area (Å²) in [6.45, 7) is 2.08. The highest BCUT2D eigenvalue weighted by Gasteiger charge is 2.14. The van der Waals surface area contributed by atoms with Gasteiger partial charge in [0.15, 0.2) is 0 Å². The number of nitrogens with zero attached hydrogens (tertiary/aromatic N) is 1. The lowest BCUT2D eigenvalue weighted by Crippen LogP contribution is -2.27. The number of aromatic nitrogens is 1. The van der Waals surface area contributed by atoms with Crippen molar-refractivity contribution in [2.45, 2.75) is 13.3 Å². The van der Waals surface area contributed by atoms with E-state index in [2.05, 4.69) is 12.2 Å². The van der Waals surface area contributed by atoms with Crippen molar-refractivity contribution in [2.24, 2.45) is 7.05 Å². The number of amides is 1. The van der Waals surface area contributed by atoms with Crippen molar-refractivity contribution < 1.29 is 4.79 Å². The molecule has 0 aliphatic heterocycles.